The Hall–Kier alpha value is -4.29. The topological polar surface area (TPSA) is 128 Å². The van der Waals surface area contributed by atoms with Gasteiger partial charge in [-0.25, -0.2) is 5.84 Å². The van der Waals surface area contributed by atoms with Gasteiger partial charge in [-0.15, -0.1) is 0 Å². The minimum absolute atomic E-state index is 0.0192. The highest BCUT2D eigenvalue weighted by Crippen LogP contribution is 2.40. The third-order valence-corrected chi connectivity index (χ3v) is 5.94. The molecule has 0 aliphatic carbocycles. The molecule has 0 aliphatic heterocycles. The standard InChI is InChI=1S/C28H33F3N6O3/c1-16(2)35-13-20-8-21(11-23(26(20)40-5)28(29,30)31)36-27(38)18-7-6-17(3)25(10-18)37(33)15-24(32)19-9-22(39-4)14-34-12-19/h6-12,14-16,35H,13,32-33H2,1-5H3,(H,36,38)/b24-15-. The molecule has 0 fully saturated rings. The number of nitrogens with zero attached hydrogens (tertiary/aromatic N) is 2. The van der Waals surface area contributed by atoms with Gasteiger partial charge in [-0.3, -0.25) is 14.8 Å². The molecule has 1 aromatic heterocycles. The monoisotopic (exact) mass is 558 g/mol. The number of aryl methyl sites for hydroxylation is 1. The number of alkyl halides is 3. The zero-order valence-electron chi connectivity index (χ0n) is 22.9. The Kier molecular flexibility index (Phi) is 9.61. The minimum Gasteiger partial charge on any atom is -0.496 e. The summed E-state index contributed by atoms with van der Waals surface area (Å²) < 4.78 is 51.8. The number of hydrogen-bond acceptors (Lipinski definition) is 8. The Labute approximate surface area is 230 Å². The molecule has 0 aliphatic rings. The predicted octanol–water partition coefficient (Wildman–Crippen LogP) is 4.81. The van der Waals surface area contributed by atoms with Crippen molar-refractivity contribution < 1.29 is 27.4 Å². The first kappa shape index (κ1) is 30.3. The van der Waals surface area contributed by atoms with Crippen LogP contribution in [0.3, 0.4) is 0 Å². The molecule has 40 heavy (non-hydrogen) atoms. The summed E-state index contributed by atoms with van der Waals surface area (Å²) in [6.07, 6.45) is -0.144. The predicted molar refractivity (Wildman–Crippen MR) is 149 cm³/mol. The molecule has 0 saturated heterocycles. The van der Waals surface area contributed by atoms with Gasteiger partial charge in [-0.2, -0.15) is 13.2 Å². The van der Waals surface area contributed by atoms with E-state index in [0.29, 0.717) is 22.7 Å². The van der Waals surface area contributed by atoms with E-state index in [1.54, 1.807) is 31.3 Å². The number of nitrogens with one attached hydrogen (secondary N) is 2. The van der Waals surface area contributed by atoms with Crippen LogP contribution < -0.4 is 36.7 Å². The number of hydrogen-bond donors (Lipinski definition) is 4. The van der Waals surface area contributed by atoms with E-state index < -0.39 is 17.6 Å². The number of anilines is 2. The number of carbonyl (C=O) groups is 1. The second-order valence-electron chi connectivity index (χ2n) is 9.31. The molecule has 0 atom stereocenters. The van der Waals surface area contributed by atoms with Gasteiger partial charge in [0.2, 0.25) is 0 Å². The molecule has 1 amide bonds. The maximum atomic E-state index is 13.9. The molecule has 0 spiro atoms. The number of nitrogens with two attached hydrogens (primary N) is 2. The average molecular weight is 559 g/mol. The lowest BCUT2D eigenvalue weighted by Crippen LogP contribution is -2.27. The Morgan fingerprint density at radius 3 is 2.45 bits per heavy atom. The van der Waals surface area contributed by atoms with Crippen LogP contribution in [0.2, 0.25) is 0 Å². The maximum Gasteiger partial charge on any atom is 0.420 e. The highest BCUT2D eigenvalue weighted by molar-refractivity contribution is 6.05. The summed E-state index contributed by atoms with van der Waals surface area (Å²) in [7, 11) is 2.69. The van der Waals surface area contributed by atoms with E-state index in [0.717, 1.165) is 11.6 Å². The number of hydrazine groups is 1. The van der Waals surface area contributed by atoms with Crippen LogP contribution in [-0.2, 0) is 12.7 Å². The maximum absolute atomic E-state index is 13.9. The Balaban J connectivity index is 1.92. The molecule has 0 radical (unpaired) electrons. The van der Waals surface area contributed by atoms with Crippen LogP contribution in [0, 0.1) is 6.92 Å². The van der Waals surface area contributed by atoms with E-state index in [1.807, 2.05) is 13.8 Å². The van der Waals surface area contributed by atoms with E-state index in [4.69, 9.17) is 21.1 Å². The Morgan fingerprint density at radius 1 is 1.10 bits per heavy atom. The van der Waals surface area contributed by atoms with Crippen molar-refractivity contribution in [3.63, 3.8) is 0 Å². The van der Waals surface area contributed by atoms with Crippen molar-refractivity contribution >= 4 is 23.0 Å². The molecule has 3 rings (SSSR count). The first-order chi connectivity index (χ1) is 18.8. The van der Waals surface area contributed by atoms with Crippen LogP contribution in [0.4, 0.5) is 24.5 Å². The van der Waals surface area contributed by atoms with E-state index >= 15 is 0 Å². The summed E-state index contributed by atoms with van der Waals surface area (Å²) in [6.45, 7) is 5.64. The van der Waals surface area contributed by atoms with Crippen LogP contribution in [0.1, 0.15) is 46.5 Å². The number of pyridine rings is 1. The number of amides is 1. The smallest absolute Gasteiger partial charge is 0.420 e. The normalized spacial score (nSPS) is 11.9. The van der Waals surface area contributed by atoms with Crippen LogP contribution in [0.5, 0.6) is 11.5 Å². The van der Waals surface area contributed by atoms with Gasteiger partial charge in [0.05, 0.1) is 37.4 Å². The third-order valence-electron chi connectivity index (χ3n) is 5.94. The van der Waals surface area contributed by atoms with E-state index in [-0.39, 0.29) is 35.2 Å². The second-order valence-corrected chi connectivity index (χ2v) is 9.31. The summed E-state index contributed by atoms with van der Waals surface area (Å²) >= 11 is 0. The van der Waals surface area contributed by atoms with Crippen molar-refractivity contribution in [3.8, 4) is 11.5 Å². The fourth-order valence-corrected chi connectivity index (χ4v) is 3.87. The zero-order valence-corrected chi connectivity index (χ0v) is 22.9. The lowest BCUT2D eigenvalue weighted by molar-refractivity contribution is -0.138. The van der Waals surface area contributed by atoms with Crippen LogP contribution in [0.25, 0.3) is 5.70 Å². The van der Waals surface area contributed by atoms with Gasteiger partial charge < -0.3 is 25.8 Å². The van der Waals surface area contributed by atoms with Gasteiger partial charge in [0, 0.05) is 47.4 Å². The summed E-state index contributed by atoms with van der Waals surface area (Å²) in [5.74, 6) is 5.85. The van der Waals surface area contributed by atoms with Gasteiger partial charge in [-0.05, 0) is 42.8 Å². The minimum atomic E-state index is -4.69. The number of aromatic nitrogens is 1. The SMILES string of the molecule is COc1cncc(/C(N)=C/N(N)c2cc(C(=O)Nc3cc(CNC(C)C)c(OC)c(C(F)(F)F)c3)ccc2C)c1. The zero-order chi connectivity index (χ0) is 29.6. The summed E-state index contributed by atoms with van der Waals surface area (Å²) in [6, 6.07) is 8.77. The fraction of sp³-hybridized carbons (Fsp3) is 0.286. The van der Waals surface area contributed by atoms with Crippen molar-refractivity contribution in [2.45, 2.75) is 39.5 Å². The molecule has 12 heteroatoms. The summed E-state index contributed by atoms with van der Waals surface area (Å²) in [4.78, 5) is 17.2. The number of carbonyl (C=O) groups excluding carboxylic acids is 1. The van der Waals surface area contributed by atoms with Gasteiger partial charge in [0.25, 0.3) is 5.91 Å². The molecule has 3 aromatic rings. The van der Waals surface area contributed by atoms with Crippen LogP contribution in [0.15, 0.2) is 55.0 Å². The third kappa shape index (κ3) is 7.42. The summed E-state index contributed by atoms with van der Waals surface area (Å²) in [5, 5.41) is 6.91. The van der Waals surface area contributed by atoms with E-state index in [9.17, 15) is 18.0 Å². The lowest BCUT2D eigenvalue weighted by atomic mass is 10.0. The molecule has 0 unspecified atom stereocenters. The van der Waals surface area contributed by atoms with E-state index in [1.165, 1.54) is 43.8 Å². The van der Waals surface area contributed by atoms with Gasteiger partial charge in [0.15, 0.2) is 0 Å². The quantitative estimate of drug-likeness (QED) is 0.206. The van der Waals surface area contributed by atoms with Crippen molar-refractivity contribution in [2.75, 3.05) is 24.5 Å². The first-order valence-corrected chi connectivity index (χ1v) is 12.3. The molecule has 214 valence electrons. The Bertz CT molecular complexity index is 1390. The lowest BCUT2D eigenvalue weighted by Gasteiger charge is -2.20. The van der Waals surface area contributed by atoms with Crippen molar-refractivity contribution in [1.82, 2.24) is 10.3 Å². The largest absolute Gasteiger partial charge is 0.496 e. The highest BCUT2D eigenvalue weighted by atomic mass is 19.4. The highest BCUT2D eigenvalue weighted by Gasteiger charge is 2.36. The molecule has 0 bridgehead atoms. The second kappa shape index (κ2) is 12.7. The molecule has 1 heterocycles. The molecular weight excluding hydrogens is 525 g/mol. The number of methoxy groups -OCH3 is 2. The average Bonchev–Trinajstić information content (AvgIpc) is 2.91. The molecular formula is C28H33F3N6O3. The van der Waals surface area contributed by atoms with Crippen molar-refractivity contribution in [3.05, 3.63) is 82.8 Å². The Morgan fingerprint density at radius 2 is 1.82 bits per heavy atom. The van der Waals surface area contributed by atoms with Gasteiger partial charge in [0.1, 0.15) is 11.5 Å². The number of ether oxygens (including phenoxy) is 2. The van der Waals surface area contributed by atoms with Gasteiger partial charge >= 0.3 is 6.18 Å². The van der Waals surface area contributed by atoms with Gasteiger partial charge in [-0.1, -0.05) is 19.9 Å². The number of halogens is 3. The van der Waals surface area contributed by atoms with Crippen LogP contribution in [-0.4, -0.2) is 31.2 Å². The van der Waals surface area contributed by atoms with E-state index in [2.05, 4.69) is 15.6 Å². The fourth-order valence-electron chi connectivity index (χ4n) is 3.87. The number of rotatable bonds is 10. The van der Waals surface area contributed by atoms with Crippen LogP contribution >= 0.6 is 0 Å². The first-order valence-electron chi connectivity index (χ1n) is 12.3. The molecule has 6 N–H and O–H groups in total. The number of benzene rings is 2. The van der Waals surface area contributed by atoms with Crippen molar-refractivity contribution in [2.24, 2.45) is 11.6 Å². The van der Waals surface area contributed by atoms with Crippen molar-refractivity contribution in [1.29, 1.82) is 0 Å². The molecule has 9 nitrogen and oxygen atoms in total. The molecule has 0 saturated carbocycles. The summed E-state index contributed by atoms with van der Waals surface area (Å²) in [5.41, 5.74) is 7.67. The molecule has 2 aromatic carbocycles.